The number of methoxy groups -OCH3 is 1. The van der Waals surface area contributed by atoms with Crippen LogP contribution in [0, 0.1) is 0 Å². The fourth-order valence-corrected chi connectivity index (χ4v) is 4.03. The van der Waals surface area contributed by atoms with Gasteiger partial charge in [-0.1, -0.05) is 12.8 Å². The first-order chi connectivity index (χ1) is 13.0. The number of aliphatic hydroxyl groups is 1. The third kappa shape index (κ3) is 5.52. The largest absolute Gasteiger partial charge is 0.393 e. The van der Waals surface area contributed by atoms with Crippen molar-refractivity contribution in [2.75, 3.05) is 17.7 Å². The molecule has 0 radical (unpaired) electrons. The quantitative estimate of drug-likeness (QED) is 0.560. The number of anilines is 2. The number of nitrogens with one attached hydrogen (secondary N) is 2. The number of primary amides is 1. The van der Waals surface area contributed by atoms with Gasteiger partial charge in [-0.2, -0.15) is 4.98 Å². The monoisotopic (exact) mass is 377 g/mol. The van der Waals surface area contributed by atoms with Crippen LogP contribution in [0.1, 0.15) is 68.1 Å². The van der Waals surface area contributed by atoms with Crippen LogP contribution in [0.5, 0.6) is 0 Å². The molecule has 1 amide bonds. The van der Waals surface area contributed by atoms with Crippen LogP contribution in [0.3, 0.4) is 0 Å². The Balaban J connectivity index is 1.69. The zero-order valence-electron chi connectivity index (χ0n) is 16.0. The van der Waals surface area contributed by atoms with Crippen LogP contribution in [0.2, 0.25) is 0 Å². The van der Waals surface area contributed by atoms with E-state index < -0.39 is 5.91 Å². The van der Waals surface area contributed by atoms with E-state index in [-0.39, 0.29) is 17.7 Å². The maximum Gasteiger partial charge on any atom is 0.254 e. The number of rotatable bonds is 6. The van der Waals surface area contributed by atoms with Crippen molar-refractivity contribution in [1.82, 2.24) is 9.97 Å². The minimum absolute atomic E-state index is 0.0699. The molecule has 0 bridgehead atoms. The standard InChI is InChI=1S/C19H31N5O3/c1-27-15-8-6-12(7-9-15)23-19-21-11-16(17(20)26)18(24-19)22-13-4-2-3-5-14(25)10-13/h11-15,25H,2-10H2,1H3,(H2,20,26)(H2,21,22,23,24)/t12-,13-,14+,15-/m0/s1. The van der Waals surface area contributed by atoms with Gasteiger partial charge in [-0.05, 0) is 44.9 Å². The van der Waals surface area contributed by atoms with Crippen molar-refractivity contribution < 1.29 is 14.6 Å². The van der Waals surface area contributed by atoms with Gasteiger partial charge < -0.3 is 26.2 Å². The molecular weight excluding hydrogens is 346 g/mol. The normalized spacial score (nSPS) is 29.0. The van der Waals surface area contributed by atoms with Crippen molar-refractivity contribution in [2.24, 2.45) is 5.73 Å². The van der Waals surface area contributed by atoms with Gasteiger partial charge in [0.1, 0.15) is 5.82 Å². The molecule has 2 saturated carbocycles. The first-order valence-electron chi connectivity index (χ1n) is 9.96. The molecule has 2 atom stereocenters. The molecule has 0 spiro atoms. The first-order valence-corrected chi connectivity index (χ1v) is 9.96. The van der Waals surface area contributed by atoms with Gasteiger partial charge in [0, 0.05) is 25.4 Å². The van der Waals surface area contributed by atoms with Crippen molar-refractivity contribution in [1.29, 1.82) is 0 Å². The Morgan fingerprint density at radius 1 is 1.15 bits per heavy atom. The highest BCUT2D eigenvalue weighted by Gasteiger charge is 2.24. The third-order valence-electron chi connectivity index (χ3n) is 5.63. The summed E-state index contributed by atoms with van der Waals surface area (Å²) in [5, 5.41) is 16.7. The summed E-state index contributed by atoms with van der Waals surface area (Å²) in [7, 11) is 1.76. The van der Waals surface area contributed by atoms with Crippen molar-refractivity contribution in [2.45, 2.75) is 82.1 Å². The fraction of sp³-hybridized carbons (Fsp3) is 0.737. The van der Waals surface area contributed by atoms with Crippen LogP contribution in [0.4, 0.5) is 11.8 Å². The smallest absolute Gasteiger partial charge is 0.254 e. The van der Waals surface area contributed by atoms with Gasteiger partial charge in [-0.3, -0.25) is 4.79 Å². The molecule has 5 N–H and O–H groups in total. The van der Waals surface area contributed by atoms with Gasteiger partial charge in [0.15, 0.2) is 0 Å². The van der Waals surface area contributed by atoms with Crippen molar-refractivity contribution in [3.8, 4) is 0 Å². The lowest BCUT2D eigenvalue weighted by molar-refractivity contribution is 0.0681. The van der Waals surface area contributed by atoms with Gasteiger partial charge in [0.05, 0.1) is 17.8 Å². The number of nitrogens with two attached hydrogens (primary N) is 1. The molecular formula is C19H31N5O3. The van der Waals surface area contributed by atoms with E-state index in [9.17, 15) is 9.90 Å². The second-order valence-electron chi connectivity index (χ2n) is 7.69. The molecule has 1 aromatic rings. The lowest BCUT2D eigenvalue weighted by Crippen LogP contribution is -2.30. The first kappa shape index (κ1) is 19.8. The predicted molar refractivity (Wildman–Crippen MR) is 104 cm³/mol. The Kier molecular flexibility index (Phi) is 6.84. The molecule has 27 heavy (non-hydrogen) atoms. The zero-order valence-corrected chi connectivity index (χ0v) is 16.0. The van der Waals surface area contributed by atoms with E-state index in [4.69, 9.17) is 10.5 Å². The average Bonchev–Trinajstić information content (AvgIpc) is 2.86. The third-order valence-corrected chi connectivity index (χ3v) is 5.63. The van der Waals surface area contributed by atoms with Gasteiger partial charge in [0.2, 0.25) is 5.95 Å². The summed E-state index contributed by atoms with van der Waals surface area (Å²) >= 11 is 0. The molecule has 3 rings (SSSR count). The highest BCUT2D eigenvalue weighted by atomic mass is 16.5. The molecule has 1 heterocycles. The molecule has 0 unspecified atom stereocenters. The number of carbonyl (C=O) groups excluding carboxylic acids is 1. The highest BCUT2D eigenvalue weighted by Crippen LogP contribution is 2.25. The van der Waals surface area contributed by atoms with Gasteiger partial charge >= 0.3 is 0 Å². The van der Waals surface area contributed by atoms with Crippen LogP contribution in [-0.2, 0) is 4.74 Å². The highest BCUT2D eigenvalue weighted by molar-refractivity contribution is 5.97. The number of carbonyl (C=O) groups is 1. The second-order valence-corrected chi connectivity index (χ2v) is 7.69. The van der Waals surface area contributed by atoms with E-state index in [1.54, 1.807) is 7.11 Å². The van der Waals surface area contributed by atoms with Crippen LogP contribution in [-0.4, -0.2) is 52.4 Å². The second kappa shape index (κ2) is 9.32. The summed E-state index contributed by atoms with van der Waals surface area (Å²) in [6, 6.07) is 0.365. The van der Waals surface area contributed by atoms with E-state index in [0.717, 1.165) is 51.4 Å². The molecule has 2 aliphatic rings. The molecule has 0 aromatic carbocycles. The Morgan fingerprint density at radius 2 is 1.89 bits per heavy atom. The molecule has 0 saturated heterocycles. The SMILES string of the molecule is CO[C@H]1CC[C@H](Nc2ncc(C(N)=O)c(N[C@H]3CCCC[C@@H](O)C3)n2)CC1. The van der Waals surface area contributed by atoms with Crippen molar-refractivity contribution in [3.63, 3.8) is 0 Å². The summed E-state index contributed by atoms with van der Waals surface area (Å²) in [4.78, 5) is 20.6. The van der Waals surface area contributed by atoms with E-state index in [2.05, 4.69) is 20.6 Å². The zero-order chi connectivity index (χ0) is 19.2. The van der Waals surface area contributed by atoms with Crippen molar-refractivity contribution in [3.05, 3.63) is 11.8 Å². The molecule has 150 valence electrons. The van der Waals surface area contributed by atoms with Crippen molar-refractivity contribution >= 4 is 17.7 Å². The van der Waals surface area contributed by atoms with E-state index in [1.165, 1.54) is 6.20 Å². The minimum atomic E-state index is -0.557. The number of aliphatic hydroxyl groups excluding tert-OH is 1. The topological polar surface area (TPSA) is 122 Å². The predicted octanol–water partition coefficient (Wildman–Crippen LogP) is 2.05. The molecule has 2 aliphatic carbocycles. The van der Waals surface area contributed by atoms with Crippen LogP contribution in [0.15, 0.2) is 6.20 Å². The number of hydrogen-bond donors (Lipinski definition) is 4. The summed E-state index contributed by atoms with van der Waals surface area (Å²) in [5.41, 5.74) is 5.78. The van der Waals surface area contributed by atoms with E-state index in [0.29, 0.717) is 30.3 Å². The summed E-state index contributed by atoms with van der Waals surface area (Å²) < 4.78 is 5.41. The molecule has 1 aromatic heterocycles. The number of aromatic nitrogens is 2. The maximum absolute atomic E-state index is 11.8. The molecule has 2 fully saturated rings. The van der Waals surface area contributed by atoms with Crippen LogP contribution < -0.4 is 16.4 Å². The number of nitrogens with zero attached hydrogens (tertiary/aromatic N) is 2. The lowest BCUT2D eigenvalue weighted by atomic mass is 9.93. The van der Waals surface area contributed by atoms with Crippen LogP contribution in [0.25, 0.3) is 0 Å². The molecule has 8 nitrogen and oxygen atoms in total. The lowest BCUT2D eigenvalue weighted by Gasteiger charge is -2.28. The Bertz CT molecular complexity index is 634. The summed E-state index contributed by atoms with van der Waals surface area (Å²) in [6.07, 6.45) is 9.97. The minimum Gasteiger partial charge on any atom is -0.393 e. The molecule has 0 aliphatic heterocycles. The maximum atomic E-state index is 11.8. The van der Waals surface area contributed by atoms with Gasteiger partial charge in [-0.15, -0.1) is 0 Å². The van der Waals surface area contributed by atoms with E-state index in [1.807, 2.05) is 0 Å². The number of ether oxygens (including phenoxy) is 1. The summed E-state index contributed by atoms with van der Waals surface area (Å²) in [5.74, 6) is 0.390. The average molecular weight is 377 g/mol. The van der Waals surface area contributed by atoms with Gasteiger partial charge in [-0.25, -0.2) is 4.98 Å². The Hall–Kier alpha value is -1.93. The fourth-order valence-electron chi connectivity index (χ4n) is 4.03. The van der Waals surface area contributed by atoms with Gasteiger partial charge in [0.25, 0.3) is 5.91 Å². The molecule has 8 heteroatoms. The Morgan fingerprint density at radius 3 is 2.59 bits per heavy atom. The van der Waals surface area contributed by atoms with Crippen LogP contribution >= 0.6 is 0 Å². The number of amides is 1. The Labute approximate surface area is 160 Å². The number of hydrogen-bond acceptors (Lipinski definition) is 7. The van der Waals surface area contributed by atoms with E-state index >= 15 is 0 Å². The summed E-state index contributed by atoms with van der Waals surface area (Å²) in [6.45, 7) is 0.